The fourth-order valence-electron chi connectivity index (χ4n) is 6.48. The number of anilines is 2. The lowest BCUT2D eigenvalue weighted by molar-refractivity contribution is -0.120. The van der Waals surface area contributed by atoms with E-state index in [1.807, 2.05) is 194 Å². The summed E-state index contributed by atoms with van der Waals surface area (Å²) in [6, 6.07) is 55.7. The van der Waals surface area contributed by atoms with Crippen LogP contribution in [-0.2, 0) is 9.59 Å². The molecule has 0 bridgehead atoms. The first-order chi connectivity index (χ1) is 23.5. The van der Waals surface area contributed by atoms with Gasteiger partial charge in [-0.1, -0.05) is 158 Å². The number of nitrogens with zero attached hydrogens (tertiary/aromatic N) is 2. The molecule has 6 rings (SSSR count). The summed E-state index contributed by atoms with van der Waals surface area (Å²) >= 11 is 0. The summed E-state index contributed by atoms with van der Waals surface area (Å²) in [6.07, 6.45) is 0. The van der Waals surface area contributed by atoms with Crippen LogP contribution in [0, 0.1) is 13.8 Å². The lowest BCUT2D eigenvalue weighted by atomic mass is 9.89. The van der Waals surface area contributed by atoms with E-state index in [1.54, 1.807) is 0 Å². The van der Waals surface area contributed by atoms with Crippen LogP contribution in [-0.4, -0.2) is 24.9 Å². The predicted octanol–water partition coefficient (Wildman–Crippen LogP) is 9.33. The number of benzene rings is 6. The average Bonchev–Trinajstić information content (AvgIpc) is 3.13. The minimum Gasteiger partial charge on any atom is -0.310 e. The Balaban J connectivity index is 1.43. The molecule has 2 amide bonds. The van der Waals surface area contributed by atoms with E-state index in [9.17, 15) is 9.59 Å². The van der Waals surface area contributed by atoms with Gasteiger partial charge in [0.15, 0.2) is 0 Å². The molecule has 0 aromatic heterocycles. The SMILES string of the molecule is Cc1ccccc1N(CCN(C(=O)C(c1ccccc1)c1ccccc1)c1ccccc1C)C(=O)C(c1ccccc1)c1ccccc1. The van der Waals surface area contributed by atoms with Crippen LogP contribution in [0.1, 0.15) is 45.2 Å². The lowest BCUT2D eigenvalue weighted by Crippen LogP contribution is -2.45. The zero-order chi connectivity index (χ0) is 33.3. The fourth-order valence-corrected chi connectivity index (χ4v) is 6.48. The minimum atomic E-state index is -0.518. The van der Waals surface area contributed by atoms with Gasteiger partial charge in [-0.25, -0.2) is 0 Å². The maximum atomic E-state index is 15.0. The van der Waals surface area contributed by atoms with Gasteiger partial charge in [0.1, 0.15) is 0 Å². The van der Waals surface area contributed by atoms with Crippen molar-refractivity contribution in [2.24, 2.45) is 0 Å². The van der Waals surface area contributed by atoms with Gasteiger partial charge in [0.25, 0.3) is 0 Å². The monoisotopic (exact) mass is 628 g/mol. The highest BCUT2D eigenvalue weighted by Gasteiger charge is 2.33. The molecule has 4 nitrogen and oxygen atoms in total. The van der Waals surface area contributed by atoms with Crippen LogP contribution in [0.2, 0.25) is 0 Å². The average molecular weight is 629 g/mol. The number of para-hydroxylation sites is 2. The van der Waals surface area contributed by atoms with Gasteiger partial charge in [-0.2, -0.15) is 0 Å². The second kappa shape index (κ2) is 15.2. The van der Waals surface area contributed by atoms with Gasteiger partial charge in [-0.15, -0.1) is 0 Å². The second-order valence-electron chi connectivity index (χ2n) is 12.1. The molecule has 4 heteroatoms. The number of carbonyl (C=O) groups is 2. The van der Waals surface area contributed by atoms with E-state index in [1.165, 1.54) is 0 Å². The van der Waals surface area contributed by atoms with Crippen LogP contribution in [0.15, 0.2) is 170 Å². The van der Waals surface area contributed by atoms with Crippen molar-refractivity contribution in [3.63, 3.8) is 0 Å². The Morgan fingerprint density at radius 1 is 0.396 bits per heavy atom. The molecule has 0 aliphatic rings. The summed E-state index contributed by atoms with van der Waals surface area (Å²) < 4.78 is 0. The van der Waals surface area contributed by atoms with Gasteiger partial charge in [0.2, 0.25) is 11.8 Å². The van der Waals surface area contributed by atoms with Crippen LogP contribution in [0.3, 0.4) is 0 Å². The molecule has 0 fully saturated rings. The number of carbonyl (C=O) groups excluding carboxylic acids is 2. The van der Waals surface area contributed by atoms with E-state index in [2.05, 4.69) is 0 Å². The number of amides is 2. The largest absolute Gasteiger partial charge is 0.310 e. The highest BCUT2D eigenvalue weighted by atomic mass is 16.2. The Hall–Kier alpha value is -5.74. The van der Waals surface area contributed by atoms with Crippen molar-refractivity contribution in [3.8, 4) is 0 Å². The maximum Gasteiger partial charge on any atom is 0.239 e. The summed E-state index contributed by atoms with van der Waals surface area (Å²) in [5.41, 5.74) is 7.34. The van der Waals surface area contributed by atoms with Crippen molar-refractivity contribution in [2.75, 3.05) is 22.9 Å². The second-order valence-corrected chi connectivity index (χ2v) is 12.1. The molecule has 0 saturated heterocycles. The third-order valence-electron chi connectivity index (χ3n) is 8.92. The Bertz CT molecular complexity index is 1720. The molecule has 0 radical (unpaired) electrons. The summed E-state index contributed by atoms with van der Waals surface area (Å²) in [4.78, 5) is 33.7. The van der Waals surface area contributed by atoms with Crippen molar-refractivity contribution in [1.82, 2.24) is 0 Å². The number of aryl methyl sites for hydroxylation is 2. The van der Waals surface area contributed by atoms with Crippen LogP contribution >= 0.6 is 0 Å². The molecule has 48 heavy (non-hydrogen) atoms. The molecule has 0 atom stereocenters. The number of hydrogen-bond acceptors (Lipinski definition) is 2. The third-order valence-corrected chi connectivity index (χ3v) is 8.92. The van der Waals surface area contributed by atoms with E-state index in [0.29, 0.717) is 13.1 Å². The molecular formula is C44H40N2O2. The summed E-state index contributed by atoms with van der Waals surface area (Å²) in [5.74, 6) is -1.12. The standard InChI is InChI=1S/C44H40N2O2/c1-33-19-15-17-29-39(33)45(43(47)41(35-21-7-3-8-22-35)36-23-9-4-10-24-36)31-32-46(40-30-18-16-20-34(40)2)44(48)42(37-25-11-5-12-26-37)38-27-13-6-14-28-38/h3-30,41-42H,31-32H2,1-2H3. The van der Waals surface area contributed by atoms with E-state index in [4.69, 9.17) is 0 Å². The molecule has 0 unspecified atom stereocenters. The highest BCUT2D eigenvalue weighted by Crippen LogP contribution is 2.33. The zero-order valence-corrected chi connectivity index (χ0v) is 27.4. The van der Waals surface area contributed by atoms with Crippen molar-refractivity contribution >= 4 is 23.2 Å². The van der Waals surface area contributed by atoms with Crippen LogP contribution < -0.4 is 9.80 Å². The molecule has 0 aliphatic carbocycles. The Labute approximate surface area is 283 Å². The number of rotatable bonds is 11. The molecule has 0 saturated carbocycles. The summed E-state index contributed by atoms with van der Waals surface area (Å²) in [7, 11) is 0. The van der Waals surface area contributed by atoms with Crippen LogP contribution in [0.4, 0.5) is 11.4 Å². The van der Waals surface area contributed by atoms with Gasteiger partial charge < -0.3 is 9.80 Å². The Morgan fingerprint density at radius 2 is 0.646 bits per heavy atom. The van der Waals surface area contributed by atoms with Gasteiger partial charge in [-0.3, -0.25) is 9.59 Å². The number of hydrogen-bond donors (Lipinski definition) is 0. The summed E-state index contributed by atoms with van der Waals surface area (Å²) in [5, 5.41) is 0. The minimum absolute atomic E-state index is 0.0402. The lowest BCUT2D eigenvalue weighted by Gasteiger charge is -2.34. The zero-order valence-electron chi connectivity index (χ0n) is 27.4. The van der Waals surface area contributed by atoms with Crippen molar-refractivity contribution < 1.29 is 9.59 Å². The normalized spacial score (nSPS) is 11.0. The molecule has 6 aromatic carbocycles. The smallest absolute Gasteiger partial charge is 0.239 e. The van der Waals surface area contributed by atoms with E-state index < -0.39 is 11.8 Å². The van der Waals surface area contributed by atoms with Crippen LogP contribution in [0.5, 0.6) is 0 Å². The van der Waals surface area contributed by atoms with Gasteiger partial charge in [-0.05, 0) is 59.4 Å². The van der Waals surface area contributed by atoms with E-state index in [0.717, 1.165) is 44.8 Å². The first-order valence-corrected chi connectivity index (χ1v) is 16.5. The van der Waals surface area contributed by atoms with E-state index in [-0.39, 0.29) is 11.8 Å². The van der Waals surface area contributed by atoms with Crippen molar-refractivity contribution in [3.05, 3.63) is 203 Å². The molecule has 6 aromatic rings. The molecule has 0 N–H and O–H groups in total. The first-order valence-electron chi connectivity index (χ1n) is 16.5. The fraction of sp³-hybridized carbons (Fsp3) is 0.136. The molecule has 238 valence electrons. The topological polar surface area (TPSA) is 40.6 Å². The van der Waals surface area contributed by atoms with Gasteiger partial charge >= 0.3 is 0 Å². The Kier molecular flexibility index (Phi) is 10.2. The Morgan fingerprint density at radius 3 is 0.917 bits per heavy atom. The van der Waals surface area contributed by atoms with Crippen molar-refractivity contribution in [2.45, 2.75) is 25.7 Å². The first kappa shape index (κ1) is 32.2. The molecule has 0 spiro atoms. The van der Waals surface area contributed by atoms with Gasteiger partial charge in [0, 0.05) is 24.5 Å². The quantitative estimate of drug-likeness (QED) is 0.143. The molecular weight excluding hydrogens is 588 g/mol. The predicted molar refractivity (Wildman–Crippen MR) is 197 cm³/mol. The van der Waals surface area contributed by atoms with Crippen molar-refractivity contribution in [1.29, 1.82) is 0 Å². The molecule has 0 heterocycles. The van der Waals surface area contributed by atoms with Crippen LogP contribution in [0.25, 0.3) is 0 Å². The molecule has 0 aliphatic heterocycles. The van der Waals surface area contributed by atoms with E-state index >= 15 is 0 Å². The maximum absolute atomic E-state index is 15.0. The van der Waals surface area contributed by atoms with Gasteiger partial charge in [0.05, 0.1) is 11.8 Å². The summed E-state index contributed by atoms with van der Waals surface area (Å²) in [6.45, 7) is 4.66. The highest BCUT2D eigenvalue weighted by molar-refractivity contribution is 6.03. The third kappa shape index (κ3) is 7.13.